The first-order valence-electron chi connectivity index (χ1n) is 13.2. The lowest BCUT2D eigenvalue weighted by Crippen LogP contribution is -2.58. The van der Waals surface area contributed by atoms with Gasteiger partial charge < -0.3 is 31.1 Å². The Kier molecular flexibility index (Phi) is 10.3. The lowest BCUT2D eigenvalue weighted by Gasteiger charge is -2.43. The molecule has 0 aliphatic carbocycles. The highest BCUT2D eigenvalue weighted by Crippen LogP contribution is 2.37. The summed E-state index contributed by atoms with van der Waals surface area (Å²) in [5, 5.41) is 16.5. The molecule has 0 saturated heterocycles. The number of anilines is 1. The summed E-state index contributed by atoms with van der Waals surface area (Å²) < 4.78 is 5.35. The summed E-state index contributed by atoms with van der Waals surface area (Å²) in [5.41, 5.74) is 5.62. The number of nitrogens with one attached hydrogen (secondary N) is 2. The summed E-state index contributed by atoms with van der Waals surface area (Å²) >= 11 is 0. The van der Waals surface area contributed by atoms with Gasteiger partial charge in [-0.3, -0.25) is 14.4 Å². The van der Waals surface area contributed by atoms with E-state index in [1.165, 1.54) is 4.90 Å². The molecule has 10 nitrogen and oxygen atoms in total. The van der Waals surface area contributed by atoms with Gasteiger partial charge in [-0.1, -0.05) is 36.4 Å². The number of para-hydroxylation sites is 2. The summed E-state index contributed by atoms with van der Waals surface area (Å²) in [6, 6.07) is 9.60. The summed E-state index contributed by atoms with van der Waals surface area (Å²) in [4.78, 5) is 54.0. The molecule has 0 aliphatic heterocycles. The molecule has 2 atom stereocenters. The van der Waals surface area contributed by atoms with Crippen LogP contribution in [0.25, 0.3) is 0 Å². The number of primary amides is 1. The normalized spacial score (nSPS) is 13.1. The first-order valence-corrected chi connectivity index (χ1v) is 13.2. The van der Waals surface area contributed by atoms with Crippen LogP contribution in [0.4, 0.5) is 10.5 Å². The number of hydrogen-bond donors (Lipinski definition) is 4. The zero-order valence-electron chi connectivity index (χ0n) is 24.6. The number of amides is 4. The van der Waals surface area contributed by atoms with Crippen LogP contribution in [0.15, 0.2) is 42.5 Å². The van der Waals surface area contributed by atoms with Crippen LogP contribution in [0.2, 0.25) is 0 Å². The lowest BCUT2D eigenvalue weighted by molar-refractivity contribution is -0.147. The van der Waals surface area contributed by atoms with Crippen LogP contribution >= 0.6 is 0 Å². The Balaban J connectivity index is 2.67. The Morgan fingerprint density at radius 1 is 0.950 bits per heavy atom. The maximum atomic E-state index is 14.3. The second kappa shape index (κ2) is 12.8. The van der Waals surface area contributed by atoms with Crippen molar-refractivity contribution in [1.82, 2.24) is 10.2 Å². The largest absolute Gasteiger partial charge is 0.507 e. The van der Waals surface area contributed by atoms with Crippen LogP contribution in [-0.2, 0) is 19.1 Å². The summed E-state index contributed by atoms with van der Waals surface area (Å²) in [6.07, 6.45) is -1.17. The van der Waals surface area contributed by atoms with Crippen molar-refractivity contribution in [3.05, 3.63) is 59.2 Å². The van der Waals surface area contributed by atoms with Crippen LogP contribution in [0.5, 0.6) is 5.75 Å². The molecule has 4 amide bonds. The highest BCUT2D eigenvalue weighted by Gasteiger charge is 2.43. The third-order valence-corrected chi connectivity index (χ3v) is 6.10. The minimum Gasteiger partial charge on any atom is -0.507 e. The van der Waals surface area contributed by atoms with Gasteiger partial charge in [0.1, 0.15) is 23.4 Å². The van der Waals surface area contributed by atoms with Crippen molar-refractivity contribution < 1.29 is 29.0 Å². The molecule has 0 bridgehead atoms. The number of carbonyl (C=O) groups excluding carboxylic acids is 4. The van der Waals surface area contributed by atoms with Crippen molar-refractivity contribution in [3.63, 3.8) is 0 Å². The topological polar surface area (TPSA) is 151 Å². The number of phenolic OH excluding ortho intramolecular Hbond substituents is 1. The Bertz CT molecular complexity index is 1250. The smallest absolute Gasteiger partial charge is 0.408 e. The molecule has 0 aromatic heterocycles. The van der Waals surface area contributed by atoms with Crippen LogP contribution in [0, 0.1) is 13.8 Å². The number of ether oxygens (including phenoxy) is 1. The van der Waals surface area contributed by atoms with Crippen molar-refractivity contribution in [2.45, 2.75) is 91.5 Å². The van der Waals surface area contributed by atoms with Gasteiger partial charge in [0.2, 0.25) is 11.8 Å². The molecule has 0 saturated carbocycles. The van der Waals surface area contributed by atoms with Crippen LogP contribution in [-0.4, -0.2) is 51.0 Å². The van der Waals surface area contributed by atoms with Crippen molar-refractivity contribution in [3.8, 4) is 5.75 Å². The summed E-state index contributed by atoms with van der Waals surface area (Å²) in [5.74, 6) is -2.01. The van der Waals surface area contributed by atoms with Gasteiger partial charge in [-0.05, 0) is 79.0 Å². The second-order valence-electron chi connectivity index (χ2n) is 11.8. The van der Waals surface area contributed by atoms with E-state index in [-0.39, 0.29) is 24.2 Å². The minimum atomic E-state index is -1.30. The highest BCUT2D eigenvalue weighted by molar-refractivity contribution is 6.00. The number of nitrogens with zero attached hydrogens (tertiary/aromatic N) is 1. The van der Waals surface area contributed by atoms with Gasteiger partial charge in [-0.2, -0.15) is 0 Å². The maximum absolute atomic E-state index is 14.3. The van der Waals surface area contributed by atoms with E-state index in [9.17, 15) is 24.3 Å². The van der Waals surface area contributed by atoms with Gasteiger partial charge in [0.15, 0.2) is 0 Å². The number of benzene rings is 2. The molecule has 40 heavy (non-hydrogen) atoms. The van der Waals surface area contributed by atoms with Crippen molar-refractivity contribution in [2.75, 3.05) is 5.32 Å². The van der Waals surface area contributed by atoms with Gasteiger partial charge in [-0.25, -0.2) is 4.79 Å². The quantitative estimate of drug-likeness (QED) is 0.359. The SMILES string of the molecule is Cc1ccccc1NC(=O)C(c1cccc(C)c1O)N(C(=O)C(CCC(N)=O)NC(=O)OC(C)(C)C)C(C)(C)C. The van der Waals surface area contributed by atoms with E-state index in [0.29, 0.717) is 11.3 Å². The Labute approximate surface area is 236 Å². The maximum Gasteiger partial charge on any atom is 0.408 e. The zero-order chi connectivity index (χ0) is 30.4. The van der Waals surface area contributed by atoms with E-state index >= 15 is 0 Å². The fourth-order valence-corrected chi connectivity index (χ4v) is 4.22. The van der Waals surface area contributed by atoms with E-state index in [1.807, 2.05) is 19.1 Å². The average molecular weight is 555 g/mol. The van der Waals surface area contributed by atoms with Crippen molar-refractivity contribution >= 4 is 29.5 Å². The predicted octanol–water partition coefficient (Wildman–Crippen LogP) is 4.47. The molecule has 10 heteroatoms. The Morgan fingerprint density at radius 3 is 2.10 bits per heavy atom. The Hall–Kier alpha value is -4.08. The molecule has 0 heterocycles. The monoisotopic (exact) mass is 554 g/mol. The number of nitrogens with two attached hydrogens (primary N) is 1. The number of phenols is 1. The molecule has 2 rings (SSSR count). The fourth-order valence-electron chi connectivity index (χ4n) is 4.22. The van der Waals surface area contributed by atoms with Crippen molar-refractivity contribution in [2.24, 2.45) is 5.73 Å². The number of aromatic hydroxyl groups is 1. The first-order chi connectivity index (χ1) is 18.4. The van der Waals surface area contributed by atoms with Crippen LogP contribution in [0.3, 0.4) is 0 Å². The zero-order valence-corrected chi connectivity index (χ0v) is 24.6. The van der Waals surface area contributed by atoms with Gasteiger partial charge in [0.05, 0.1) is 0 Å². The predicted molar refractivity (Wildman–Crippen MR) is 154 cm³/mol. The summed E-state index contributed by atoms with van der Waals surface area (Å²) in [6.45, 7) is 13.8. The van der Waals surface area contributed by atoms with E-state index in [4.69, 9.17) is 10.5 Å². The molecule has 0 radical (unpaired) electrons. The second-order valence-corrected chi connectivity index (χ2v) is 11.8. The summed E-state index contributed by atoms with van der Waals surface area (Å²) in [7, 11) is 0. The van der Waals surface area contributed by atoms with Gasteiger partial charge in [-0.15, -0.1) is 0 Å². The molecule has 0 aliphatic rings. The molecule has 2 aromatic rings. The van der Waals surface area contributed by atoms with Crippen LogP contribution in [0.1, 0.15) is 77.1 Å². The molecular formula is C30H42N4O6. The number of carbonyl (C=O) groups is 4. The number of hydrogen-bond acceptors (Lipinski definition) is 6. The molecule has 218 valence electrons. The van der Waals surface area contributed by atoms with E-state index in [1.54, 1.807) is 78.8 Å². The van der Waals surface area contributed by atoms with Gasteiger partial charge >= 0.3 is 6.09 Å². The molecule has 2 unspecified atom stereocenters. The van der Waals surface area contributed by atoms with E-state index in [0.717, 1.165) is 5.56 Å². The Morgan fingerprint density at radius 2 is 1.55 bits per heavy atom. The van der Waals surface area contributed by atoms with E-state index in [2.05, 4.69) is 10.6 Å². The lowest BCUT2D eigenvalue weighted by atomic mass is 9.93. The van der Waals surface area contributed by atoms with E-state index < -0.39 is 47.0 Å². The standard InChI is InChI=1S/C30H42N4O6/c1-18-12-9-10-15-21(18)32-26(37)24(20-14-11-13-19(2)25(20)36)34(29(3,4)5)27(38)22(16-17-23(31)35)33-28(39)40-30(6,7)8/h9-15,22,24,36H,16-17H2,1-8H3,(H2,31,35)(H,32,37)(H,33,39). The minimum absolute atomic E-state index is 0.119. The molecule has 2 aromatic carbocycles. The van der Waals surface area contributed by atoms with Crippen molar-refractivity contribution in [1.29, 1.82) is 0 Å². The molecule has 0 fully saturated rings. The highest BCUT2D eigenvalue weighted by atomic mass is 16.6. The van der Waals surface area contributed by atoms with Crippen LogP contribution < -0.4 is 16.4 Å². The molecular weight excluding hydrogens is 512 g/mol. The number of alkyl carbamates (subject to hydrolysis) is 1. The third kappa shape index (κ3) is 8.72. The molecule has 5 N–H and O–H groups in total. The first kappa shape index (κ1) is 32.1. The number of aryl methyl sites for hydroxylation is 2. The van der Waals surface area contributed by atoms with Gasteiger partial charge in [0.25, 0.3) is 5.91 Å². The van der Waals surface area contributed by atoms with Gasteiger partial charge in [0, 0.05) is 23.2 Å². The third-order valence-electron chi connectivity index (χ3n) is 6.10. The number of rotatable bonds is 9. The average Bonchev–Trinajstić information content (AvgIpc) is 2.81. The fraction of sp³-hybridized carbons (Fsp3) is 0.467. The molecule has 0 spiro atoms.